The molecule has 0 unspecified atom stereocenters. The summed E-state index contributed by atoms with van der Waals surface area (Å²) >= 11 is 0. The summed E-state index contributed by atoms with van der Waals surface area (Å²) in [4.78, 5) is 9.38. The lowest BCUT2D eigenvalue weighted by molar-refractivity contribution is -0.135. The van der Waals surface area contributed by atoms with Crippen molar-refractivity contribution in [3.8, 4) is 6.07 Å². The Hall–Kier alpha value is -0.890. The van der Waals surface area contributed by atoms with Gasteiger partial charge in [0.25, 0.3) is 0 Å². The Morgan fingerprint density at radius 2 is 1.86 bits per heavy atom. The highest BCUT2D eigenvalue weighted by Gasteiger charge is 1.91. The minimum Gasteiger partial charge on any atom is -0.480 e. The summed E-state index contributed by atoms with van der Waals surface area (Å²) in [5, 5.41) is 15.3. The lowest BCUT2D eigenvalue weighted by Gasteiger charge is -1.97. The van der Waals surface area contributed by atoms with Gasteiger partial charge in [0.2, 0.25) is 0 Å². The maximum Gasteiger partial charge on any atom is 0.319 e. The number of nitriles is 1. The van der Waals surface area contributed by atoms with E-state index in [0.29, 0.717) is 13.2 Å². The van der Waals surface area contributed by atoms with Crippen LogP contribution in [0.2, 0.25) is 0 Å². The van der Waals surface area contributed by atoms with Gasteiger partial charge in [-0.25, -0.2) is 0 Å². The van der Waals surface area contributed by atoms with E-state index in [1.165, 1.54) is 6.07 Å². The zero-order valence-electron chi connectivity index (χ0n) is 8.15. The van der Waals surface area contributed by atoms with Gasteiger partial charge >= 0.3 is 14.2 Å². The van der Waals surface area contributed by atoms with Crippen molar-refractivity contribution < 1.29 is 23.5 Å². The second kappa shape index (κ2) is 12.1. The van der Waals surface area contributed by atoms with E-state index in [2.05, 4.69) is 9.05 Å². The Kier molecular flexibility index (Phi) is 13.5. The monoisotopic (exact) mass is 223 g/mol. The molecule has 0 aliphatic carbocycles. The number of carbonyl (C=O) groups is 1. The lowest BCUT2D eigenvalue weighted by atomic mass is 10.5. The molecule has 0 atom stereocenters. The summed E-state index contributed by atoms with van der Waals surface area (Å²) in [7, 11) is -2.14. The van der Waals surface area contributed by atoms with Gasteiger partial charge in [-0.15, -0.1) is 0 Å². The molecule has 0 fully saturated rings. The van der Waals surface area contributed by atoms with Crippen LogP contribution in [0.1, 0.15) is 20.3 Å². The van der Waals surface area contributed by atoms with E-state index >= 15 is 0 Å². The van der Waals surface area contributed by atoms with Gasteiger partial charge in [0.15, 0.2) is 0 Å². The quantitative estimate of drug-likeness (QED) is 0.708. The van der Waals surface area contributed by atoms with Gasteiger partial charge in [-0.3, -0.25) is 9.36 Å². The van der Waals surface area contributed by atoms with Crippen LogP contribution in [0.3, 0.4) is 0 Å². The van der Waals surface area contributed by atoms with Gasteiger partial charge < -0.3 is 14.2 Å². The SMILES string of the molecule is CCO[PH](=O)OCC.N#CCC(=O)O. The van der Waals surface area contributed by atoms with E-state index in [0.717, 1.165) is 0 Å². The fraction of sp³-hybridized carbons (Fsp3) is 0.714. The molecule has 0 amide bonds. The number of nitrogens with zero attached hydrogens (tertiary/aromatic N) is 1. The summed E-state index contributed by atoms with van der Waals surface area (Å²) in [5.74, 6) is -1.07. The van der Waals surface area contributed by atoms with E-state index < -0.39 is 20.6 Å². The smallest absolute Gasteiger partial charge is 0.319 e. The van der Waals surface area contributed by atoms with Crippen LogP contribution in [0.4, 0.5) is 0 Å². The molecule has 0 bridgehead atoms. The van der Waals surface area contributed by atoms with Crippen molar-refractivity contribution in [2.45, 2.75) is 20.3 Å². The third-order valence-corrected chi connectivity index (χ3v) is 1.80. The average Bonchev–Trinajstić information content (AvgIpc) is 2.05. The van der Waals surface area contributed by atoms with Gasteiger partial charge in [-0.1, -0.05) is 0 Å². The molecule has 1 N–H and O–H groups in total. The van der Waals surface area contributed by atoms with E-state index in [1.54, 1.807) is 13.8 Å². The highest BCUT2D eigenvalue weighted by atomic mass is 31.1. The number of hydrogen-bond donors (Lipinski definition) is 1. The molecule has 6 nitrogen and oxygen atoms in total. The van der Waals surface area contributed by atoms with Crippen LogP contribution in [0.25, 0.3) is 0 Å². The Morgan fingerprint density at radius 1 is 1.43 bits per heavy atom. The van der Waals surface area contributed by atoms with E-state index in [1.807, 2.05) is 0 Å². The van der Waals surface area contributed by atoms with Crippen molar-refractivity contribution >= 4 is 14.2 Å². The molecular formula is C7H14NO5P. The molecule has 0 aliphatic heterocycles. The zero-order valence-corrected chi connectivity index (χ0v) is 9.15. The van der Waals surface area contributed by atoms with Crippen LogP contribution in [0, 0.1) is 11.3 Å². The first-order valence-electron chi connectivity index (χ1n) is 3.96. The summed E-state index contributed by atoms with van der Waals surface area (Å²) in [6.45, 7) is 4.47. The van der Waals surface area contributed by atoms with Crippen LogP contribution in [-0.4, -0.2) is 24.3 Å². The predicted octanol–water partition coefficient (Wildman–Crippen LogP) is 1.43. The van der Waals surface area contributed by atoms with E-state index in [9.17, 15) is 9.36 Å². The van der Waals surface area contributed by atoms with Gasteiger partial charge in [-0.05, 0) is 13.8 Å². The van der Waals surface area contributed by atoms with Crippen molar-refractivity contribution in [2.24, 2.45) is 0 Å². The Morgan fingerprint density at radius 3 is 2.00 bits per heavy atom. The van der Waals surface area contributed by atoms with Crippen molar-refractivity contribution in [1.29, 1.82) is 5.26 Å². The number of rotatable bonds is 5. The Balaban J connectivity index is 0. The van der Waals surface area contributed by atoms with Crippen molar-refractivity contribution in [1.82, 2.24) is 0 Å². The number of carboxylic acids is 1. The summed E-state index contributed by atoms with van der Waals surface area (Å²) in [6, 6.07) is 1.47. The maximum atomic E-state index is 10.4. The topological polar surface area (TPSA) is 96.6 Å². The predicted molar refractivity (Wildman–Crippen MR) is 50.1 cm³/mol. The molecule has 0 rings (SSSR count). The number of hydrogen-bond acceptors (Lipinski definition) is 5. The molecule has 0 aromatic carbocycles. The maximum absolute atomic E-state index is 10.4. The third-order valence-electron chi connectivity index (χ3n) is 0.755. The van der Waals surface area contributed by atoms with Crippen molar-refractivity contribution in [2.75, 3.05) is 13.2 Å². The Bertz CT molecular complexity index is 205. The number of aliphatic carboxylic acids is 1. The largest absolute Gasteiger partial charge is 0.480 e. The van der Waals surface area contributed by atoms with Gasteiger partial charge in [0, 0.05) is 0 Å². The molecule has 0 aliphatic rings. The summed E-state index contributed by atoms with van der Waals surface area (Å²) in [6.07, 6.45) is -0.403. The minimum atomic E-state index is -2.14. The molecule has 0 radical (unpaired) electrons. The van der Waals surface area contributed by atoms with Crippen molar-refractivity contribution in [3.63, 3.8) is 0 Å². The first-order chi connectivity index (χ1) is 6.58. The number of carboxylic acid groups (broad SMARTS) is 1. The molecule has 0 saturated carbocycles. The fourth-order valence-corrected chi connectivity index (χ4v) is 0.900. The third kappa shape index (κ3) is 17.3. The van der Waals surface area contributed by atoms with Crippen LogP contribution in [0.5, 0.6) is 0 Å². The minimum absolute atomic E-state index is 0.403. The molecule has 0 aromatic heterocycles. The van der Waals surface area contributed by atoms with Crippen molar-refractivity contribution in [3.05, 3.63) is 0 Å². The van der Waals surface area contributed by atoms with E-state index in [4.69, 9.17) is 10.4 Å². The fourth-order valence-electron chi connectivity index (χ4n) is 0.345. The molecular weight excluding hydrogens is 209 g/mol. The molecule has 14 heavy (non-hydrogen) atoms. The Labute approximate surface area is 83.4 Å². The molecule has 82 valence electrons. The van der Waals surface area contributed by atoms with E-state index in [-0.39, 0.29) is 0 Å². The summed E-state index contributed by atoms with van der Waals surface area (Å²) in [5.41, 5.74) is 0. The van der Waals surface area contributed by atoms with Gasteiger partial charge in [0.05, 0.1) is 19.3 Å². The second-order valence-corrected chi connectivity index (χ2v) is 2.92. The molecule has 0 spiro atoms. The second-order valence-electron chi connectivity index (χ2n) is 1.84. The first-order valence-corrected chi connectivity index (χ1v) is 5.19. The van der Waals surface area contributed by atoms with Crippen LogP contribution < -0.4 is 0 Å². The molecule has 0 aromatic rings. The van der Waals surface area contributed by atoms with Gasteiger partial charge in [0.1, 0.15) is 6.42 Å². The zero-order chi connectivity index (χ0) is 11.4. The lowest BCUT2D eigenvalue weighted by Crippen LogP contribution is -1.88. The van der Waals surface area contributed by atoms with Gasteiger partial charge in [-0.2, -0.15) is 5.26 Å². The van der Waals surface area contributed by atoms with Crippen LogP contribution >= 0.6 is 8.25 Å². The molecule has 7 heteroatoms. The molecule has 0 saturated heterocycles. The highest BCUT2D eigenvalue weighted by Crippen LogP contribution is 2.21. The first kappa shape index (κ1) is 15.6. The van der Waals surface area contributed by atoms with Crippen LogP contribution in [-0.2, 0) is 18.4 Å². The standard InChI is InChI=1S/C4H11O3P.C3H3NO2/c1-3-6-8(5)7-4-2;4-2-1-3(5)6/h8H,3-4H2,1-2H3;1H2,(H,5,6). The van der Waals surface area contributed by atoms with Crippen LogP contribution in [0.15, 0.2) is 0 Å². The average molecular weight is 223 g/mol. The highest BCUT2D eigenvalue weighted by molar-refractivity contribution is 7.33. The summed E-state index contributed by atoms with van der Waals surface area (Å²) < 4.78 is 19.6. The normalized spacial score (nSPS) is 8.71. The molecule has 0 heterocycles.